The highest BCUT2D eigenvalue weighted by Gasteiger charge is 2.50. The second-order valence-corrected chi connectivity index (χ2v) is 6.41. The Morgan fingerprint density at radius 2 is 2.06 bits per heavy atom. The van der Waals surface area contributed by atoms with E-state index in [1.807, 2.05) is 12.1 Å². The van der Waals surface area contributed by atoms with Crippen molar-refractivity contribution in [3.63, 3.8) is 0 Å². The maximum Gasteiger partial charge on any atom is 0.166 e. The monoisotopic (exact) mass is 230 g/mol. The van der Waals surface area contributed by atoms with Crippen molar-refractivity contribution < 1.29 is 4.79 Å². The van der Waals surface area contributed by atoms with Crippen LogP contribution in [0.4, 0.5) is 0 Å². The molecule has 92 valence electrons. The third kappa shape index (κ3) is 2.77. The van der Waals surface area contributed by atoms with Gasteiger partial charge in [-0.05, 0) is 35.8 Å². The zero-order valence-corrected chi connectivity index (χ0v) is 11.3. The normalized spacial score (nSPS) is 21.6. The van der Waals surface area contributed by atoms with E-state index < -0.39 is 0 Å². The Morgan fingerprint density at radius 3 is 2.59 bits per heavy atom. The van der Waals surface area contributed by atoms with Gasteiger partial charge in [-0.1, -0.05) is 45.9 Å². The molecule has 1 atom stereocenters. The molecule has 0 spiro atoms. The number of carbonyl (C=O) groups excluding carboxylic acids is 1. The Bertz CT molecular complexity index is 429. The van der Waals surface area contributed by atoms with Crippen molar-refractivity contribution >= 4 is 5.78 Å². The summed E-state index contributed by atoms with van der Waals surface area (Å²) in [6.45, 7) is 8.76. The molecule has 0 amide bonds. The third-order valence-electron chi connectivity index (χ3n) is 3.69. The van der Waals surface area contributed by atoms with Crippen molar-refractivity contribution in [3.8, 4) is 0 Å². The molecule has 1 aliphatic rings. The van der Waals surface area contributed by atoms with E-state index in [4.69, 9.17) is 0 Å². The topological polar surface area (TPSA) is 17.1 Å². The summed E-state index contributed by atoms with van der Waals surface area (Å²) in [7, 11) is 0. The molecule has 0 radical (unpaired) electrons. The predicted octanol–water partition coefficient (Wildman–Crippen LogP) is 4.11. The minimum atomic E-state index is 0.227. The molecule has 1 saturated carbocycles. The molecule has 1 fully saturated rings. The van der Waals surface area contributed by atoms with Gasteiger partial charge in [0.05, 0.1) is 0 Å². The van der Waals surface area contributed by atoms with Crippen LogP contribution >= 0.6 is 0 Å². The molecular weight excluding hydrogens is 208 g/mol. The number of ketones is 1. The van der Waals surface area contributed by atoms with Crippen molar-refractivity contribution in [2.75, 3.05) is 0 Å². The van der Waals surface area contributed by atoms with Crippen molar-refractivity contribution in [3.05, 3.63) is 35.4 Å². The lowest BCUT2D eigenvalue weighted by atomic mass is 9.96. The van der Waals surface area contributed by atoms with Crippen LogP contribution in [0, 0.1) is 17.3 Å². The van der Waals surface area contributed by atoms with E-state index in [1.165, 1.54) is 5.56 Å². The second kappa shape index (κ2) is 4.29. The van der Waals surface area contributed by atoms with Crippen LogP contribution in [0.3, 0.4) is 0 Å². The molecule has 1 unspecified atom stereocenters. The predicted molar refractivity (Wildman–Crippen MR) is 71.2 cm³/mol. The number of carbonyl (C=O) groups is 1. The molecule has 1 heteroatoms. The number of hydrogen-bond donors (Lipinski definition) is 0. The van der Waals surface area contributed by atoms with Crippen LogP contribution in [0.1, 0.15) is 50.0 Å². The van der Waals surface area contributed by atoms with Gasteiger partial charge in [-0.15, -0.1) is 0 Å². The number of rotatable bonds is 4. The fourth-order valence-corrected chi connectivity index (χ4v) is 2.44. The average Bonchev–Trinajstić information content (AvgIpc) is 2.86. The van der Waals surface area contributed by atoms with Gasteiger partial charge in [-0.2, -0.15) is 0 Å². The Morgan fingerprint density at radius 1 is 1.41 bits per heavy atom. The molecule has 0 heterocycles. The summed E-state index contributed by atoms with van der Waals surface area (Å²) in [5.41, 5.74) is 2.41. The van der Waals surface area contributed by atoms with Gasteiger partial charge in [0.1, 0.15) is 0 Å². The van der Waals surface area contributed by atoms with Crippen molar-refractivity contribution in [1.82, 2.24) is 0 Å². The maximum atomic E-state index is 12.3. The second-order valence-electron chi connectivity index (χ2n) is 6.41. The molecule has 0 aromatic heterocycles. The first-order valence-electron chi connectivity index (χ1n) is 6.53. The van der Waals surface area contributed by atoms with E-state index in [1.54, 1.807) is 0 Å². The molecular formula is C16H22O. The highest BCUT2D eigenvalue weighted by molar-refractivity contribution is 6.00. The van der Waals surface area contributed by atoms with Gasteiger partial charge in [0.2, 0.25) is 0 Å². The van der Waals surface area contributed by atoms with E-state index in [-0.39, 0.29) is 11.3 Å². The summed E-state index contributed by atoms with van der Waals surface area (Å²) in [6, 6.07) is 8.17. The average molecular weight is 230 g/mol. The molecule has 1 nitrogen and oxygen atoms in total. The van der Waals surface area contributed by atoms with Crippen LogP contribution in [0.2, 0.25) is 0 Å². The van der Waals surface area contributed by atoms with Crippen molar-refractivity contribution in [1.29, 1.82) is 0 Å². The lowest BCUT2D eigenvalue weighted by Crippen LogP contribution is -2.07. The lowest BCUT2D eigenvalue weighted by molar-refractivity contribution is 0.0953. The Balaban J connectivity index is 2.14. The molecule has 0 saturated heterocycles. The first-order chi connectivity index (χ1) is 7.90. The van der Waals surface area contributed by atoms with Crippen LogP contribution in [0.25, 0.3) is 0 Å². The van der Waals surface area contributed by atoms with Gasteiger partial charge in [-0.3, -0.25) is 4.79 Å². The quantitative estimate of drug-likeness (QED) is 0.711. The molecule has 0 bridgehead atoms. The lowest BCUT2D eigenvalue weighted by Gasteiger charge is -2.08. The van der Waals surface area contributed by atoms with Crippen LogP contribution in [0.5, 0.6) is 0 Å². The molecule has 2 rings (SSSR count). The highest BCUT2D eigenvalue weighted by atomic mass is 16.1. The fraction of sp³-hybridized carbons (Fsp3) is 0.562. The van der Waals surface area contributed by atoms with E-state index in [0.717, 1.165) is 18.4 Å². The summed E-state index contributed by atoms with van der Waals surface area (Å²) in [4.78, 5) is 12.3. The number of Topliss-reactive ketones (excluding diaryl/α,β-unsaturated/α-hetero) is 1. The molecule has 1 aliphatic carbocycles. The standard InChI is InChI=1S/C16H22O/c1-11(2)8-12-6-5-7-13(9-12)15(17)14-10-16(14,3)4/h5-7,9,11,14H,8,10H2,1-4H3. The van der Waals surface area contributed by atoms with Gasteiger partial charge in [0, 0.05) is 11.5 Å². The third-order valence-corrected chi connectivity index (χ3v) is 3.69. The number of hydrogen-bond acceptors (Lipinski definition) is 1. The summed E-state index contributed by atoms with van der Waals surface area (Å²) < 4.78 is 0. The summed E-state index contributed by atoms with van der Waals surface area (Å²) in [6.07, 6.45) is 2.09. The van der Waals surface area contributed by atoms with Gasteiger partial charge >= 0.3 is 0 Å². The summed E-state index contributed by atoms with van der Waals surface area (Å²) >= 11 is 0. The minimum absolute atomic E-state index is 0.227. The van der Waals surface area contributed by atoms with Gasteiger partial charge in [0.15, 0.2) is 5.78 Å². The first-order valence-corrected chi connectivity index (χ1v) is 6.53. The minimum Gasteiger partial charge on any atom is -0.294 e. The van der Waals surface area contributed by atoms with Crippen molar-refractivity contribution in [2.45, 2.75) is 40.5 Å². The largest absolute Gasteiger partial charge is 0.294 e. The molecule has 0 aliphatic heterocycles. The van der Waals surface area contributed by atoms with Crippen LogP contribution in [0.15, 0.2) is 24.3 Å². The van der Waals surface area contributed by atoms with Crippen LogP contribution < -0.4 is 0 Å². The maximum absolute atomic E-state index is 12.3. The van der Waals surface area contributed by atoms with Crippen LogP contribution in [-0.4, -0.2) is 5.78 Å². The van der Waals surface area contributed by atoms with Crippen molar-refractivity contribution in [2.24, 2.45) is 17.3 Å². The zero-order valence-electron chi connectivity index (χ0n) is 11.3. The SMILES string of the molecule is CC(C)Cc1cccc(C(=O)C2CC2(C)C)c1. The smallest absolute Gasteiger partial charge is 0.166 e. The Labute approximate surface area is 104 Å². The van der Waals surface area contributed by atoms with Gasteiger partial charge < -0.3 is 0 Å². The molecule has 17 heavy (non-hydrogen) atoms. The van der Waals surface area contributed by atoms with E-state index in [2.05, 4.69) is 39.8 Å². The summed E-state index contributed by atoms with van der Waals surface area (Å²) in [5.74, 6) is 1.22. The molecule has 1 aromatic rings. The number of benzene rings is 1. The highest BCUT2D eigenvalue weighted by Crippen LogP contribution is 2.53. The Hall–Kier alpha value is -1.11. The van der Waals surface area contributed by atoms with E-state index >= 15 is 0 Å². The molecule has 0 N–H and O–H groups in total. The Kier molecular flexibility index (Phi) is 3.11. The first kappa shape index (κ1) is 12.3. The zero-order chi connectivity index (χ0) is 12.6. The summed E-state index contributed by atoms with van der Waals surface area (Å²) in [5, 5.41) is 0. The van der Waals surface area contributed by atoms with E-state index in [9.17, 15) is 4.79 Å². The fourth-order valence-electron chi connectivity index (χ4n) is 2.44. The van der Waals surface area contributed by atoms with Crippen LogP contribution in [-0.2, 0) is 6.42 Å². The van der Waals surface area contributed by atoms with E-state index in [0.29, 0.717) is 11.7 Å². The van der Waals surface area contributed by atoms with Gasteiger partial charge in [-0.25, -0.2) is 0 Å². The van der Waals surface area contributed by atoms with Gasteiger partial charge in [0.25, 0.3) is 0 Å². The molecule has 1 aromatic carbocycles.